The normalized spacial score (nSPS) is 19.4. The Hall–Kier alpha value is -1.57. The maximum atomic E-state index is 8.84. The second-order valence-electron chi connectivity index (χ2n) is 3.62. The van der Waals surface area contributed by atoms with E-state index >= 15 is 0 Å². The molecule has 0 aromatic carbocycles. The van der Waals surface area contributed by atoms with E-state index in [0.29, 0.717) is 10.9 Å². The van der Waals surface area contributed by atoms with Crippen molar-refractivity contribution in [2.75, 3.05) is 7.05 Å². The molecule has 1 aliphatic heterocycles. The Labute approximate surface area is 99.1 Å². The van der Waals surface area contributed by atoms with Crippen molar-refractivity contribution in [1.82, 2.24) is 15.4 Å². The maximum absolute atomic E-state index is 8.84. The van der Waals surface area contributed by atoms with Crippen LogP contribution in [-0.2, 0) is 6.42 Å². The van der Waals surface area contributed by atoms with Gasteiger partial charge in [-0.3, -0.25) is 0 Å². The molecule has 0 aliphatic carbocycles. The minimum Gasteiger partial charge on any atom is -0.302 e. The molecule has 2 rings (SSSR count). The lowest BCUT2D eigenvalue weighted by Crippen LogP contribution is -2.35. The third kappa shape index (κ3) is 2.16. The largest absolute Gasteiger partial charge is 0.302 e. The van der Waals surface area contributed by atoms with E-state index in [1.807, 2.05) is 25.3 Å². The van der Waals surface area contributed by atoms with E-state index in [9.17, 15) is 0 Å². The number of hydrogen-bond donors (Lipinski definition) is 1. The number of pyridine rings is 1. The smallest absolute Gasteiger partial charge is 0.132 e. The second-order valence-corrected chi connectivity index (χ2v) is 3.97. The van der Waals surface area contributed by atoms with Gasteiger partial charge in [0.05, 0.1) is 6.04 Å². The first-order chi connectivity index (χ1) is 7.70. The molecule has 1 unspecified atom stereocenters. The van der Waals surface area contributed by atoms with E-state index in [-0.39, 0.29) is 6.04 Å². The minimum atomic E-state index is 0.0985. The zero-order valence-electron chi connectivity index (χ0n) is 8.81. The van der Waals surface area contributed by atoms with Crippen LogP contribution in [0.4, 0.5) is 0 Å². The van der Waals surface area contributed by atoms with E-state index in [1.54, 1.807) is 11.2 Å². The Morgan fingerprint density at radius 2 is 2.50 bits per heavy atom. The highest BCUT2D eigenvalue weighted by Gasteiger charge is 2.20. The topological polar surface area (TPSA) is 52.0 Å². The van der Waals surface area contributed by atoms with Crippen molar-refractivity contribution in [2.45, 2.75) is 12.5 Å². The molecule has 0 bridgehead atoms. The first kappa shape index (κ1) is 10.9. The van der Waals surface area contributed by atoms with Crippen LogP contribution in [-0.4, -0.2) is 23.1 Å². The monoisotopic (exact) mass is 234 g/mol. The SMILES string of the molecule is CN1NC(Cc2cccnc2Cl)C=C1C#N. The molecular weight excluding hydrogens is 224 g/mol. The van der Waals surface area contributed by atoms with Crippen molar-refractivity contribution in [1.29, 1.82) is 5.26 Å². The third-order valence-corrected chi connectivity index (χ3v) is 2.81. The Morgan fingerprint density at radius 3 is 3.12 bits per heavy atom. The van der Waals surface area contributed by atoms with E-state index in [0.717, 1.165) is 12.0 Å². The lowest BCUT2D eigenvalue weighted by atomic mass is 10.1. The van der Waals surface area contributed by atoms with Crippen LogP contribution in [0.15, 0.2) is 30.1 Å². The molecule has 2 heterocycles. The summed E-state index contributed by atoms with van der Waals surface area (Å²) in [7, 11) is 1.82. The summed E-state index contributed by atoms with van der Waals surface area (Å²) < 4.78 is 0. The van der Waals surface area contributed by atoms with Crippen LogP contribution in [0.25, 0.3) is 0 Å². The van der Waals surface area contributed by atoms with Gasteiger partial charge in [0, 0.05) is 13.2 Å². The first-order valence-corrected chi connectivity index (χ1v) is 5.29. The van der Waals surface area contributed by atoms with Gasteiger partial charge in [-0.2, -0.15) is 5.26 Å². The summed E-state index contributed by atoms with van der Waals surface area (Å²) in [5.41, 5.74) is 4.77. The highest BCUT2D eigenvalue weighted by atomic mass is 35.5. The number of allylic oxidation sites excluding steroid dienone is 1. The molecule has 1 aromatic heterocycles. The Bertz CT molecular complexity index is 463. The van der Waals surface area contributed by atoms with Crippen LogP contribution in [0.1, 0.15) is 5.56 Å². The molecule has 82 valence electrons. The molecule has 1 N–H and O–H groups in total. The first-order valence-electron chi connectivity index (χ1n) is 4.92. The van der Waals surface area contributed by atoms with E-state index in [1.165, 1.54) is 0 Å². The van der Waals surface area contributed by atoms with Crippen LogP contribution in [0.5, 0.6) is 0 Å². The molecule has 16 heavy (non-hydrogen) atoms. The molecule has 0 saturated heterocycles. The molecule has 5 heteroatoms. The van der Waals surface area contributed by atoms with Crippen molar-refractivity contribution in [3.05, 3.63) is 40.8 Å². The number of rotatable bonds is 2. The zero-order valence-corrected chi connectivity index (χ0v) is 9.57. The van der Waals surface area contributed by atoms with Gasteiger partial charge in [0.2, 0.25) is 0 Å². The van der Waals surface area contributed by atoms with Crippen LogP contribution in [0.3, 0.4) is 0 Å². The van der Waals surface area contributed by atoms with Gasteiger partial charge in [0.15, 0.2) is 0 Å². The number of aromatic nitrogens is 1. The minimum absolute atomic E-state index is 0.0985. The number of hydrazine groups is 1. The van der Waals surface area contributed by atoms with Gasteiger partial charge in [-0.25, -0.2) is 10.4 Å². The molecule has 1 aliphatic rings. The van der Waals surface area contributed by atoms with Crippen LogP contribution < -0.4 is 5.43 Å². The van der Waals surface area contributed by atoms with Crippen LogP contribution in [0, 0.1) is 11.3 Å². The van der Waals surface area contributed by atoms with Gasteiger partial charge in [0.1, 0.15) is 16.9 Å². The van der Waals surface area contributed by atoms with Gasteiger partial charge < -0.3 is 5.01 Å². The lowest BCUT2D eigenvalue weighted by molar-refractivity contribution is 0.316. The van der Waals surface area contributed by atoms with Gasteiger partial charge in [-0.05, 0) is 24.1 Å². The molecule has 1 aromatic rings. The van der Waals surface area contributed by atoms with Gasteiger partial charge in [-0.15, -0.1) is 0 Å². The molecular formula is C11H11ClN4. The van der Waals surface area contributed by atoms with Crippen molar-refractivity contribution in [3.8, 4) is 6.07 Å². The summed E-state index contributed by atoms with van der Waals surface area (Å²) in [5, 5.41) is 11.1. The van der Waals surface area contributed by atoms with Gasteiger partial charge >= 0.3 is 0 Å². The number of nitrogens with one attached hydrogen (secondary N) is 1. The summed E-state index contributed by atoms with van der Waals surface area (Å²) in [6.07, 6.45) is 4.28. The van der Waals surface area contributed by atoms with Gasteiger partial charge in [-0.1, -0.05) is 17.7 Å². The summed E-state index contributed by atoms with van der Waals surface area (Å²) in [6, 6.07) is 6.01. The number of halogens is 1. The van der Waals surface area contributed by atoms with E-state index in [2.05, 4.69) is 16.5 Å². The quantitative estimate of drug-likeness (QED) is 0.788. The van der Waals surface area contributed by atoms with Crippen LogP contribution >= 0.6 is 11.6 Å². The molecule has 0 saturated carbocycles. The number of nitriles is 1. The van der Waals surface area contributed by atoms with E-state index < -0.39 is 0 Å². The predicted octanol–water partition coefficient (Wildman–Crippen LogP) is 1.50. The number of nitrogens with zero attached hydrogens (tertiary/aromatic N) is 3. The maximum Gasteiger partial charge on any atom is 0.132 e. The molecule has 0 fully saturated rings. The highest BCUT2D eigenvalue weighted by molar-refractivity contribution is 6.30. The lowest BCUT2D eigenvalue weighted by Gasteiger charge is -2.15. The fourth-order valence-corrected chi connectivity index (χ4v) is 1.88. The molecule has 0 spiro atoms. The van der Waals surface area contributed by atoms with Crippen molar-refractivity contribution in [2.24, 2.45) is 0 Å². The number of hydrogen-bond acceptors (Lipinski definition) is 4. The Morgan fingerprint density at radius 1 is 1.69 bits per heavy atom. The Kier molecular flexibility index (Phi) is 3.09. The van der Waals surface area contributed by atoms with Crippen molar-refractivity contribution in [3.63, 3.8) is 0 Å². The fourth-order valence-electron chi connectivity index (χ4n) is 1.68. The van der Waals surface area contributed by atoms with Crippen molar-refractivity contribution >= 4 is 11.6 Å². The van der Waals surface area contributed by atoms with Crippen LogP contribution in [0.2, 0.25) is 5.15 Å². The highest BCUT2D eigenvalue weighted by Crippen LogP contribution is 2.17. The zero-order chi connectivity index (χ0) is 11.5. The molecule has 1 atom stereocenters. The third-order valence-electron chi connectivity index (χ3n) is 2.47. The standard InChI is InChI=1S/C11H11ClN4/c1-16-10(7-13)6-9(15-16)5-8-3-2-4-14-11(8)12/h2-4,6,9,15H,5H2,1H3. The van der Waals surface area contributed by atoms with Crippen molar-refractivity contribution < 1.29 is 0 Å². The van der Waals surface area contributed by atoms with E-state index in [4.69, 9.17) is 16.9 Å². The fraction of sp³-hybridized carbons (Fsp3) is 0.273. The van der Waals surface area contributed by atoms with Gasteiger partial charge in [0.25, 0.3) is 0 Å². The predicted molar refractivity (Wildman–Crippen MR) is 61.3 cm³/mol. The molecule has 0 radical (unpaired) electrons. The molecule has 0 amide bonds. The average molecular weight is 235 g/mol. The summed E-state index contributed by atoms with van der Waals surface area (Å²) >= 11 is 5.97. The summed E-state index contributed by atoms with van der Waals surface area (Å²) in [4.78, 5) is 4.02. The second kappa shape index (κ2) is 4.52. The summed E-state index contributed by atoms with van der Waals surface area (Å²) in [6.45, 7) is 0. The average Bonchev–Trinajstić information content (AvgIpc) is 2.62. The summed E-state index contributed by atoms with van der Waals surface area (Å²) in [5.74, 6) is 0. The Balaban J connectivity index is 2.11. The molecule has 4 nitrogen and oxygen atoms in total.